The molecule has 1 rings (SSSR count). The van der Waals surface area contributed by atoms with E-state index in [2.05, 4.69) is 10.5 Å². The maximum atomic E-state index is 10.4. The minimum Gasteiger partial charge on any atom is -0.477 e. The number of carbonyl (C=O) groups is 1. The van der Waals surface area contributed by atoms with Gasteiger partial charge in [0.15, 0.2) is 0 Å². The van der Waals surface area contributed by atoms with Crippen molar-refractivity contribution in [3.63, 3.8) is 0 Å². The Morgan fingerprint density at radius 2 is 2.21 bits per heavy atom. The van der Waals surface area contributed by atoms with Crippen LogP contribution in [0, 0.1) is 6.92 Å². The van der Waals surface area contributed by atoms with E-state index in [1.807, 2.05) is 31.2 Å². The molecule has 0 bridgehead atoms. The molecule has 0 saturated heterocycles. The van der Waals surface area contributed by atoms with Crippen LogP contribution in [0.15, 0.2) is 29.4 Å². The number of nitrogens with zero attached hydrogens (tertiary/aromatic N) is 1. The highest BCUT2D eigenvalue weighted by molar-refractivity contribution is 6.34. The third-order valence-electron chi connectivity index (χ3n) is 1.68. The molecule has 0 spiro atoms. The zero-order chi connectivity index (χ0) is 10.6. The summed E-state index contributed by atoms with van der Waals surface area (Å²) in [6.07, 6.45) is 0. The van der Waals surface area contributed by atoms with Gasteiger partial charge in [-0.25, -0.2) is 4.79 Å². The van der Waals surface area contributed by atoms with Gasteiger partial charge in [0.05, 0.1) is 5.69 Å². The van der Waals surface area contributed by atoms with Crippen molar-refractivity contribution < 1.29 is 9.90 Å². The smallest absolute Gasteiger partial charge is 0.351 e. The van der Waals surface area contributed by atoms with Gasteiger partial charge in [0.1, 0.15) is 5.71 Å². The van der Waals surface area contributed by atoms with Crippen molar-refractivity contribution in [1.29, 1.82) is 0 Å². The van der Waals surface area contributed by atoms with Crippen molar-refractivity contribution in [1.82, 2.24) is 0 Å². The fraction of sp³-hybridized carbons (Fsp3) is 0.200. The highest BCUT2D eigenvalue weighted by Crippen LogP contribution is 2.08. The summed E-state index contributed by atoms with van der Waals surface area (Å²) in [5.41, 5.74) is 4.59. The Balaban J connectivity index is 2.71. The van der Waals surface area contributed by atoms with Crippen molar-refractivity contribution in [2.24, 2.45) is 5.10 Å². The summed E-state index contributed by atoms with van der Waals surface area (Å²) >= 11 is 0. The summed E-state index contributed by atoms with van der Waals surface area (Å²) in [6.45, 7) is 3.39. The van der Waals surface area contributed by atoms with E-state index in [-0.39, 0.29) is 5.71 Å². The van der Waals surface area contributed by atoms with Gasteiger partial charge in [-0.05, 0) is 31.5 Å². The standard InChI is InChI=1S/C10H12N2O2/c1-7-4-3-5-9(6-7)12-11-8(2)10(13)14/h3-6,12H,1-2H3,(H,13,14)/b11-8+. The second kappa shape index (κ2) is 4.41. The molecule has 1 aromatic carbocycles. The lowest BCUT2D eigenvalue weighted by Crippen LogP contribution is -2.10. The monoisotopic (exact) mass is 192 g/mol. The second-order valence-corrected chi connectivity index (χ2v) is 2.98. The first-order chi connectivity index (χ1) is 6.59. The normalized spacial score (nSPS) is 11.1. The first-order valence-corrected chi connectivity index (χ1v) is 4.20. The lowest BCUT2D eigenvalue weighted by molar-refractivity contribution is -0.129. The maximum absolute atomic E-state index is 10.4. The molecule has 0 heterocycles. The lowest BCUT2D eigenvalue weighted by atomic mass is 10.2. The molecular formula is C10H12N2O2. The molecule has 0 aliphatic rings. The summed E-state index contributed by atoms with van der Waals surface area (Å²) in [6, 6.07) is 7.55. The quantitative estimate of drug-likeness (QED) is 0.567. The third kappa shape index (κ3) is 2.90. The molecule has 4 nitrogen and oxygen atoms in total. The van der Waals surface area contributed by atoms with Gasteiger partial charge in [-0.1, -0.05) is 12.1 Å². The molecule has 0 unspecified atom stereocenters. The zero-order valence-corrected chi connectivity index (χ0v) is 8.11. The van der Waals surface area contributed by atoms with E-state index in [0.717, 1.165) is 11.3 Å². The summed E-state index contributed by atoms with van der Waals surface area (Å²) in [7, 11) is 0. The van der Waals surface area contributed by atoms with Crippen LogP contribution in [0.3, 0.4) is 0 Å². The Bertz CT molecular complexity index is 372. The summed E-state index contributed by atoms with van der Waals surface area (Å²) in [5.74, 6) is -1.02. The van der Waals surface area contributed by atoms with E-state index in [4.69, 9.17) is 5.11 Å². The topological polar surface area (TPSA) is 61.7 Å². The number of hydrogen-bond donors (Lipinski definition) is 2. The van der Waals surface area contributed by atoms with E-state index in [1.165, 1.54) is 6.92 Å². The predicted octanol–water partition coefficient (Wildman–Crippen LogP) is 1.87. The molecule has 0 amide bonds. The fourth-order valence-electron chi connectivity index (χ4n) is 0.911. The molecule has 0 fully saturated rings. The molecule has 0 atom stereocenters. The van der Waals surface area contributed by atoms with Crippen LogP contribution in [0.1, 0.15) is 12.5 Å². The number of anilines is 1. The van der Waals surface area contributed by atoms with E-state index in [0.29, 0.717) is 0 Å². The molecule has 1 aromatic rings. The number of carboxylic acids is 1. The number of rotatable bonds is 3. The Morgan fingerprint density at radius 3 is 2.79 bits per heavy atom. The number of carboxylic acid groups (broad SMARTS) is 1. The molecule has 74 valence electrons. The molecule has 2 N–H and O–H groups in total. The van der Waals surface area contributed by atoms with Crippen molar-refractivity contribution in [3.05, 3.63) is 29.8 Å². The van der Waals surface area contributed by atoms with Gasteiger partial charge in [-0.2, -0.15) is 5.10 Å². The Labute approximate surface area is 82.3 Å². The first kappa shape index (κ1) is 10.2. The summed E-state index contributed by atoms with van der Waals surface area (Å²) in [4.78, 5) is 10.4. The van der Waals surface area contributed by atoms with E-state index >= 15 is 0 Å². The van der Waals surface area contributed by atoms with Gasteiger partial charge in [0.25, 0.3) is 0 Å². The van der Waals surface area contributed by atoms with Crippen molar-refractivity contribution in [2.45, 2.75) is 13.8 Å². The van der Waals surface area contributed by atoms with Crippen LogP contribution in [0.4, 0.5) is 5.69 Å². The highest BCUT2D eigenvalue weighted by atomic mass is 16.4. The van der Waals surface area contributed by atoms with E-state index in [1.54, 1.807) is 0 Å². The molecule has 0 radical (unpaired) electrons. The van der Waals surface area contributed by atoms with Crippen molar-refractivity contribution in [3.8, 4) is 0 Å². The summed E-state index contributed by atoms with van der Waals surface area (Å²) < 4.78 is 0. The predicted molar refractivity (Wildman–Crippen MR) is 55.5 cm³/mol. The first-order valence-electron chi connectivity index (χ1n) is 4.20. The van der Waals surface area contributed by atoms with Gasteiger partial charge >= 0.3 is 5.97 Å². The Hall–Kier alpha value is -1.84. The fourth-order valence-corrected chi connectivity index (χ4v) is 0.911. The largest absolute Gasteiger partial charge is 0.477 e. The van der Waals surface area contributed by atoms with Gasteiger partial charge in [0.2, 0.25) is 0 Å². The second-order valence-electron chi connectivity index (χ2n) is 2.98. The molecule has 0 aliphatic carbocycles. The molecule has 0 saturated carbocycles. The molecule has 14 heavy (non-hydrogen) atoms. The SMILES string of the molecule is C/C(=N\Nc1cccc(C)c1)C(=O)O. The molecule has 4 heteroatoms. The van der Waals surface area contributed by atoms with Crippen molar-refractivity contribution >= 4 is 17.4 Å². The van der Waals surface area contributed by atoms with Crippen LogP contribution in [0.5, 0.6) is 0 Å². The number of benzene rings is 1. The van der Waals surface area contributed by atoms with Gasteiger partial charge in [-0.3, -0.25) is 5.43 Å². The number of aryl methyl sites for hydroxylation is 1. The highest BCUT2D eigenvalue weighted by Gasteiger charge is 2.00. The number of nitrogens with one attached hydrogen (secondary N) is 1. The number of hydrazone groups is 1. The van der Waals surface area contributed by atoms with Crippen LogP contribution in [0.25, 0.3) is 0 Å². The number of aliphatic carboxylic acids is 1. The van der Waals surface area contributed by atoms with Crippen molar-refractivity contribution in [2.75, 3.05) is 5.43 Å². The Kier molecular flexibility index (Phi) is 3.23. The van der Waals surface area contributed by atoms with Crippen LogP contribution >= 0.6 is 0 Å². The average Bonchev–Trinajstić information content (AvgIpc) is 2.14. The molecule has 0 aromatic heterocycles. The number of hydrogen-bond acceptors (Lipinski definition) is 3. The summed E-state index contributed by atoms with van der Waals surface area (Å²) in [5, 5.41) is 12.2. The Morgan fingerprint density at radius 1 is 1.50 bits per heavy atom. The minimum absolute atomic E-state index is 0.0338. The van der Waals surface area contributed by atoms with Gasteiger partial charge < -0.3 is 5.11 Å². The van der Waals surface area contributed by atoms with Crippen LogP contribution < -0.4 is 5.43 Å². The van der Waals surface area contributed by atoms with Crippen LogP contribution in [-0.2, 0) is 4.79 Å². The lowest BCUT2D eigenvalue weighted by Gasteiger charge is -2.01. The van der Waals surface area contributed by atoms with Gasteiger partial charge in [-0.15, -0.1) is 0 Å². The maximum Gasteiger partial charge on any atom is 0.351 e. The zero-order valence-electron chi connectivity index (χ0n) is 8.11. The minimum atomic E-state index is -1.02. The molecule has 0 aliphatic heterocycles. The van der Waals surface area contributed by atoms with Crippen LogP contribution in [-0.4, -0.2) is 16.8 Å². The van der Waals surface area contributed by atoms with Crippen LogP contribution in [0.2, 0.25) is 0 Å². The van der Waals surface area contributed by atoms with E-state index in [9.17, 15) is 4.79 Å². The molecular weight excluding hydrogens is 180 g/mol. The van der Waals surface area contributed by atoms with E-state index < -0.39 is 5.97 Å². The van der Waals surface area contributed by atoms with Gasteiger partial charge in [0, 0.05) is 0 Å². The third-order valence-corrected chi connectivity index (χ3v) is 1.68. The average molecular weight is 192 g/mol.